The molecule has 1 heterocycles. The highest BCUT2D eigenvalue weighted by Gasteiger charge is 2.21. The number of methoxy groups -OCH3 is 1. The smallest absolute Gasteiger partial charge is 0.234 e. The summed E-state index contributed by atoms with van der Waals surface area (Å²) in [6, 6.07) is 9.70. The van der Waals surface area contributed by atoms with Gasteiger partial charge in [-0.25, -0.2) is 0 Å². The molecule has 1 aromatic rings. The second-order valence-electron chi connectivity index (χ2n) is 6.32. The number of nitrogens with one attached hydrogen (secondary N) is 2. The van der Waals surface area contributed by atoms with Crippen molar-refractivity contribution in [3.8, 4) is 6.07 Å². The largest absolute Gasteiger partial charge is 0.383 e. The molecule has 1 fully saturated rings. The summed E-state index contributed by atoms with van der Waals surface area (Å²) < 4.78 is 4.93. The zero-order valence-electron chi connectivity index (χ0n) is 16.1. The molecule has 2 rings (SSSR count). The molecule has 0 aliphatic carbocycles. The summed E-state index contributed by atoms with van der Waals surface area (Å²) >= 11 is 0. The van der Waals surface area contributed by atoms with Crippen molar-refractivity contribution in [3.63, 3.8) is 0 Å². The number of benzene rings is 1. The van der Waals surface area contributed by atoms with Crippen LogP contribution in [0.15, 0.2) is 29.3 Å². The Labute approximate surface area is 160 Å². The van der Waals surface area contributed by atoms with Crippen LogP contribution in [0.5, 0.6) is 0 Å². The molecule has 8 heteroatoms. The van der Waals surface area contributed by atoms with Crippen LogP contribution in [0, 0.1) is 11.3 Å². The third kappa shape index (κ3) is 6.89. The number of nitrogens with zero attached hydrogens (tertiary/aromatic N) is 4. The van der Waals surface area contributed by atoms with Gasteiger partial charge in [0.2, 0.25) is 5.91 Å². The average Bonchev–Trinajstić information content (AvgIpc) is 2.70. The molecule has 0 bridgehead atoms. The Morgan fingerprint density at radius 3 is 2.74 bits per heavy atom. The van der Waals surface area contributed by atoms with Gasteiger partial charge in [0.25, 0.3) is 0 Å². The van der Waals surface area contributed by atoms with Crippen molar-refractivity contribution in [1.29, 1.82) is 5.26 Å². The fourth-order valence-electron chi connectivity index (χ4n) is 2.93. The maximum Gasteiger partial charge on any atom is 0.234 e. The quantitative estimate of drug-likeness (QED) is 0.398. The fourth-order valence-corrected chi connectivity index (χ4v) is 2.93. The molecular formula is C19H28N6O2. The Kier molecular flexibility index (Phi) is 8.55. The zero-order valence-corrected chi connectivity index (χ0v) is 16.1. The average molecular weight is 372 g/mol. The third-order valence-electron chi connectivity index (χ3n) is 4.39. The number of hydrogen-bond donors (Lipinski definition) is 2. The van der Waals surface area contributed by atoms with E-state index >= 15 is 0 Å². The number of amides is 1. The number of nitriles is 1. The van der Waals surface area contributed by atoms with Gasteiger partial charge in [-0.1, -0.05) is 12.1 Å². The van der Waals surface area contributed by atoms with E-state index < -0.39 is 0 Å². The Morgan fingerprint density at radius 1 is 1.30 bits per heavy atom. The first kappa shape index (κ1) is 20.7. The van der Waals surface area contributed by atoms with E-state index in [1.807, 2.05) is 18.2 Å². The molecule has 0 unspecified atom stereocenters. The van der Waals surface area contributed by atoms with Gasteiger partial charge in [-0.05, 0) is 17.7 Å². The van der Waals surface area contributed by atoms with Crippen LogP contribution in [0.3, 0.4) is 0 Å². The summed E-state index contributed by atoms with van der Waals surface area (Å²) in [5.41, 5.74) is 1.70. The van der Waals surface area contributed by atoms with E-state index in [9.17, 15) is 4.79 Å². The van der Waals surface area contributed by atoms with Gasteiger partial charge in [-0.3, -0.25) is 14.7 Å². The summed E-state index contributed by atoms with van der Waals surface area (Å²) in [6.45, 7) is 5.32. The highest BCUT2D eigenvalue weighted by molar-refractivity contribution is 5.80. The molecule has 146 valence electrons. The summed E-state index contributed by atoms with van der Waals surface area (Å²) in [4.78, 5) is 20.6. The first-order valence-corrected chi connectivity index (χ1v) is 9.09. The van der Waals surface area contributed by atoms with E-state index in [0.29, 0.717) is 31.8 Å². The molecule has 0 atom stereocenters. The fraction of sp³-hybridized carbons (Fsp3) is 0.526. The molecule has 8 nitrogen and oxygen atoms in total. The predicted octanol–water partition coefficient (Wildman–Crippen LogP) is 0.0139. The van der Waals surface area contributed by atoms with Gasteiger partial charge in [0.1, 0.15) is 0 Å². The van der Waals surface area contributed by atoms with E-state index in [2.05, 4.69) is 31.5 Å². The zero-order chi connectivity index (χ0) is 19.5. The topological polar surface area (TPSA) is 93.0 Å². The first-order valence-electron chi connectivity index (χ1n) is 9.09. The summed E-state index contributed by atoms with van der Waals surface area (Å²) in [6.07, 6.45) is 0. The Balaban J connectivity index is 1.76. The van der Waals surface area contributed by atoms with E-state index in [-0.39, 0.29) is 5.91 Å². The molecule has 1 aromatic carbocycles. The minimum absolute atomic E-state index is 0.0281. The van der Waals surface area contributed by atoms with Crippen LogP contribution in [0.4, 0.5) is 0 Å². The minimum Gasteiger partial charge on any atom is -0.383 e. The van der Waals surface area contributed by atoms with Gasteiger partial charge in [0.05, 0.1) is 24.8 Å². The highest BCUT2D eigenvalue weighted by atomic mass is 16.5. The lowest BCUT2D eigenvalue weighted by Crippen LogP contribution is -2.54. The number of guanidine groups is 1. The van der Waals surface area contributed by atoms with Crippen molar-refractivity contribution in [2.75, 3.05) is 60.0 Å². The monoisotopic (exact) mass is 372 g/mol. The van der Waals surface area contributed by atoms with Crippen molar-refractivity contribution >= 4 is 11.9 Å². The van der Waals surface area contributed by atoms with Crippen LogP contribution in [0.25, 0.3) is 0 Å². The standard InChI is InChI=1S/C19H28N6O2/c1-21-19(23-14-17-5-3-4-16(12-17)13-20)25-9-7-24(8-10-25)15-18(26)22-6-11-27-2/h3-5,12H,6-11,14-15H2,1-2H3,(H,21,23)(H,22,26). The second kappa shape index (κ2) is 11.2. The van der Waals surface area contributed by atoms with Crippen molar-refractivity contribution < 1.29 is 9.53 Å². The number of carbonyl (C=O) groups is 1. The number of aliphatic imine (C=N–C) groups is 1. The molecular weight excluding hydrogens is 344 g/mol. The van der Waals surface area contributed by atoms with Gasteiger partial charge in [-0.2, -0.15) is 5.26 Å². The van der Waals surface area contributed by atoms with Gasteiger partial charge in [-0.15, -0.1) is 0 Å². The molecule has 1 aliphatic rings. The number of piperazine rings is 1. The number of rotatable bonds is 7. The Morgan fingerprint density at radius 2 is 2.07 bits per heavy atom. The maximum absolute atomic E-state index is 11.9. The van der Waals surface area contributed by atoms with Crippen LogP contribution in [0.1, 0.15) is 11.1 Å². The van der Waals surface area contributed by atoms with Crippen molar-refractivity contribution in [2.24, 2.45) is 4.99 Å². The Hall–Kier alpha value is -2.63. The molecule has 2 N–H and O–H groups in total. The molecule has 27 heavy (non-hydrogen) atoms. The van der Waals surface area contributed by atoms with E-state index in [0.717, 1.165) is 37.7 Å². The Bertz CT molecular complexity index is 677. The van der Waals surface area contributed by atoms with Crippen molar-refractivity contribution in [2.45, 2.75) is 6.54 Å². The number of carbonyl (C=O) groups excluding carboxylic acids is 1. The summed E-state index contributed by atoms with van der Waals surface area (Å²) in [5, 5.41) is 15.2. The van der Waals surface area contributed by atoms with Crippen LogP contribution in [0.2, 0.25) is 0 Å². The van der Waals surface area contributed by atoms with Crippen LogP contribution >= 0.6 is 0 Å². The van der Waals surface area contributed by atoms with Crippen LogP contribution < -0.4 is 10.6 Å². The highest BCUT2D eigenvalue weighted by Crippen LogP contribution is 2.06. The maximum atomic E-state index is 11.9. The first-order chi connectivity index (χ1) is 13.2. The van der Waals surface area contributed by atoms with E-state index in [4.69, 9.17) is 10.00 Å². The lowest BCUT2D eigenvalue weighted by molar-refractivity contribution is -0.122. The van der Waals surface area contributed by atoms with E-state index in [1.54, 1.807) is 20.2 Å². The predicted molar refractivity (Wildman–Crippen MR) is 104 cm³/mol. The lowest BCUT2D eigenvalue weighted by atomic mass is 10.1. The summed E-state index contributed by atoms with van der Waals surface area (Å²) in [7, 11) is 3.39. The number of ether oxygens (including phenoxy) is 1. The third-order valence-corrected chi connectivity index (χ3v) is 4.39. The van der Waals surface area contributed by atoms with Gasteiger partial charge < -0.3 is 20.3 Å². The molecule has 1 aliphatic heterocycles. The van der Waals surface area contributed by atoms with Gasteiger partial charge in [0.15, 0.2) is 5.96 Å². The van der Waals surface area contributed by atoms with Gasteiger partial charge in [0, 0.05) is 53.4 Å². The molecule has 1 saturated heterocycles. The molecule has 0 aromatic heterocycles. The molecule has 0 radical (unpaired) electrons. The summed E-state index contributed by atoms with van der Waals surface area (Å²) in [5.74, 6) is 0.863. The minimum atomic E-state index is 0.0281. The SMILES string of the molecule is CN=C(NCc1cccc(C#N)c1)N1CCN(CC(=O)NCCOC)CC1. The lowest BCUT2D eigenvalue weighted by Gasteiger charge is -2.36. The van der Waals surface area contributed by atoms with Crippen LogP contribution in [-0.4, -0.2) is 81.7 Å². The van der Waals surface area contributed by atoms with E-state index in [1.165, 1.54) is 0 Å². The van der Waals surface area contributed by atoms with Crippen molar-refractivity contribution in [3.05, 3.63) is 35.4 Å². The van der Waals surface area contributed by atoms with Crippen molar-refractivity contribution in [1.82, 2.24) is 20.4 Å². The van der Waals surface area contributed by atoms with Crippen LogP contribution in [-0.2, 0) is 16.1 Å². The second-order valence-corrected chi connectivity index (χ2v) is 6.32. The normalized spacial score (nSPS) is 15.3. The molecule has 0 spiro atoms. The molecule has 1 amide bonds. The number of hydrogen-bond acceptors (Lipinski definition) is 5. The van der Waals surface area contributed by atoms with Gasteiger partial charge >= 0.3 is 0 Å². The molecule has 0 saturated carbocycles.